The zero-order valence-corrected chi connectivity index (χ0v) is 11.1. The molecule has 0 bridgehead atoms. The van der Waals surface area contributed by atoms with E-state index in [-0.39, 0.29) is 12.0 Å². The fourth-order valence-electron chi connectivity index (χ4n) is 2.34. The maximum atomic E-state index is 11.4. The Bertz CT molecular complexity index is 412. The summed E-state index contributed by atoms with van der Waals surface area (Å²) >= 11 is 0. The van der Waals surface area contributed by atoms with Gasteiger partial charge in [0.25, 0.3) is 5.91 Å². The summed E-state index contributed by atoms with van der Waals surface area (Å²) in [6.07, 6.45) is 4.92. The maximum absolute atomic E-state index is 11.4. The molecule has 0 aliphatic carbocycles. The van der Waals surface area contributed by atoms with Gasteiger partial charge in [-0.05, 0) is 31.5 Å². The number of hydrogen-bond donors (Lipinski definition) is 2. The van der Waals surface area contributed by atoms with Crippen molar-refractivity contribution >= 4 is 5.91 Å². The minimum atomic E-state index is -0.401. The number of pyridine rings is 1. The highest BCUT2D eigenvalue weighted by molar-refractivity contribution is 5.80. The first-order valence-corrected chi connectivity index (χ1v) is 6.42. The van der Waals surface area contributed by atoms with E-state index in [1.807, 2.05) is 25.4 Å². The Labute approximate surface area is 112 Å². The van der Waals surface area contributed by atoms with Gasteiger partial charge in [0.1, 0.15) is 6.10 Å². The first kappa shape index (κ1) is 13.9. The zero-order chi connectivity index (χ0) is 13.7. The highest BCUT2D eigenvalue weighted by Crippen LogP contribution is 2.20. The van der Waals surface area contributed by atoms with Crippen LogP contribution in [-0.4, -0.2) is 41.6 Å². The summed E-state index contributed by atoms with van der Waals surface area (Å²) in [6.45, 7) is 1.62. The van der Waals surface area contributed by atoms with Gasteiger partial charge in [0.15, 0.2) is 0 Å². The summed E-state index contributed by atoms with van der Waals surface area (Å²) < 4.78 is 5.67. The lowest BCUT2D eigenvalue weighted by Gasteiger charge is -2.21. The molecule has 1 aromatic rings. The van der Waals surface area contributed by atoms with Crippen LogP contribution in [0.3, 0.4) is 0 Å². The van der Waals surface area contributed by atoms with Gasteiger partial charge in [-0.3, -0.25) is 20.1 Å². The quantitative estimate of drug-likeness (QED) is 0.446. The number of aromatic nitrogens is 1. The van der Waals surface area contributed by atoms with Gasteiger partial charge < -0.3 is 4.74 Å². The van der Waals surface area contributed by atoms with Crippen LogP contribution in [0.2, 0.25) is 0 Å². The van der Waals surface area contributed by atoms with Crippen molar-refractivity contribution in [3.05, 3.63) is 30.1 Å². The summed E-state index contributed by atoms with van der Waals surface area (Å²) in [4.78, 5) is 17.6. The molecule has 0 aromatic carbocycles. The third kappa shape index (κ3) is 3.99. The highest BCUT2D eigenvalue weighted by Gasteiger charge is 2.30. The molecule has 0 saturated carbocycles. The summed E-state index contributed by atoms with van der Waals surface area (Å²) in [5.41, 5.74) is 3.30. The third-order valence-electron chi connectivity index (χ3n) is 3.23. The van der Waals surface area contributed by atoms with Crippen molar-refractivity contribution in [2.75, 3.05) is 13.6 Å². The maximum Gasteiger partial charge on any atom is 0.263 e. The lowest BCUT2D eigenvalue weighted by Crippen LogP contribution is -2.39. The number of nitrogens with zero attached hydrogens (tertiary/aromatic N) is 2. The second-order valence-corrected chi connectivity index (χ2v) is 4.89. The number of nitrogens with two attached hydrogens (primary N) is 1. The van der Waals surface area contributed by atoms with Gasteiger partial charge in [-0.25, -0.2) is 5.84 Å². The molecule has 0 radical (unpaired) electrons. The minimum absolute atomic E-state index is 0.0870. The van der Waals surface area contributed by atoms with E-state index in [4.69, 9.17) is 10.6 Å². The number of ether oxygens (including phenoxy) is 1. The topological polar surface area (TPSA) is 80.5 Å². The second-order valence-electron chi connectivity index (χ2n) is 4.89. The number of hydrogen-bond acceptors (Lipinski definition) is 5. The van der Waals surface area contributed by atoms with Gasteiger partial charge in [-0.2, -0.15) is 0 Å². The number of hydrazine groups is 1. The second kappa shape index (κ2) is 6.60. The van der Waals surface area contributed by atoms with Crippen molar-refractivity contribution in [3.63, 3.8) is 0 Å². The monoisotopic (exact) mass is 264 g/mol. The van der Waals surface area contributed by atoms with Crippen molar-refractivity contribution in [3.8, 4) is 0 Å². The highest BCUT2D eigenvalue weighted by atomic mass is 16.5. The molecule has 2 unspecified atom stereocenters. The smallest absolute Gasteiger partial charge is 0.263 e. The van der Waals surface area contributed by atoms with Crippen LogP contribution >= 0.6 is 0 Å². The van der Waals surface area contributed by atoms with Crippen molar-refractivity contribution < 1.29 is 9.53 Å². The van der Waals surface area contributed by atoms with Crippen LogP contribution in [0, 0.1) is 0 Å². The number of carbonyl (C=O) groups excluding carboxylic acids is 1. The molecule has 1 aliphatic rings. The lowest BCUT2D eigenvalue weighted by atomic mass is 10.2. The van der Waals surface area contributed by atoms with Gasteiger partial charge in [0.2, 0.25) is 0 Å². The van der Waals surface area contributed by atoms with Crippen molar-refractivity contribution in [2.24, 2.45) is 5.84 Å². The Hall–Kier alpha value is -1.50. The molecule has 1 aromatic heterocycles. The van der Waals surface area contributed by atoms with Crippen molar-refractivity contribution in [2.45, 2.75) is 31.6 Å². The van der Waals surface area contributed by atoms with Crippen LogP contribution in [-0.2, 0) is 16.1 Å². The molecule has 2 rings (SSSR count). The third-order valence-corrected chi connectivity index (χ3v) is 3.23. The molecule has 1 amide bonds. The van der Waals surface area contributed by atoms with E-state index in [9.17, 15) is 4.79 Å². The molecular weight excluding hydrogens is 244 g/mol. The molecule has 3 N–H and O–H groups in total. The van der Waals surface area contributed by atoms with E-state index in [1.54, 1.807) is 6.20 Å². The van der Waals surface area contributed by atoms with Gasteiger partial charge in [-0.1, -0.05) is 6.07 Å². The van der Waals surface area contributed by atoms with Gasteiger partial charge in [0, 0.05) is 25.5 Å². The summed E-state index contributed by atoms with van der Waals surface area (Å²) in [7, 11) is 2.03. The average Bonchev–Trinajstić information content (AvgIpc) is 2.87. The Morgan fingerprint density at radius 3 is 3.16 bits per heavy atom. The fourth-order valence-corrected chi connectivity index (χ4v) is 2.34. The Kier molecular flexibility index (Phi) is 4.84. The van der Waals surface area contributed by atoms with Crippen LogP contribution in [0.15, 0.2) is 24.5 Å². The number of carbonyl (C=O) groups is 1. The SMILES string of the molecule is CN(Cc1cccnc1)CC1CCC(C(=O)NN)O1. The fraction of sp³-hybridized carbons (Fsp3) is 0.538. The minimum Gasteiger partial charge on any atom is -0.364 e. The van der Waals surface area contributed by atoms with E-state index in [1.165, 1.54) is 5.56 Å². The molecule has 1 fully saturated rings. The first-order chi connectivity index (χ1) is 9.19. The predicted octanol–water partition coefficient (Wildman–Crippen LogP) is 0.0509. The zero-order valence-electron chi connectivity index (χ0n) is 11.1. The molecule has 1 saturated heterocycles. The standard InChI is InChI=1S/C13H20N4O2/c1-17(8-10-3-2-6-15-7-10)9-11-4-5-12(19-11)13(18)16-14/h2-3,6-7,11-12H,4-5,8-9,14H2,1H3,(H,16,18). The van der Waals surface area contributed by atoms with E-state index in [0.29, 0.717) is 0 Å². The Morgan fingerprint density at radius 1 is 1.63 bits per heavy atom. The van der Waals surface area contributed by atoms with E-state index in [2.05, 4.69) is 15.3 Å². The predicted molar refractivity (Wildman–Crippen MR) is 70.8 cm³/mol. The largest absolute Gasteiger partial charge is 0.364 e. The van der Waals surface area contributed by atoms with Gasteiger partial charge in [-0.15, -0.1) is 0 Å². The molecule has 1 aliphatic heterocycles. The molecule has 19 heavy (non-hydrogen) atoms. The number of nitrogens with one attached hydrogen (secondary N) is 1. The molecule has 2 atom stereocenters. The van der Waals surface area contributed by atoms with Crippen LogP contribution in [0.4, 0.5) is 0 Å². The number of likely N-dealkylation sites (N-methyl/N-ethyl adjacent to an activating group) is 1. The Morgan fingerprint density at radius 2 is 2.47 bits per heavy atom. The lowest BCUT2D eigenvalue weighted by molar-refractivity contribution is -0.132. The summed E-state index contributed by atoms with van der Waals surface area (Å²) in [5, 5.41) is 0. The average molecular weight is 264 g/mol. The van der Waals surface area contributed by atoms with Crippen LogP contribution in [0.5, 0.6) is 0 Å². The molecule has 2 heterocycles. The Balaban J connectivity index is 1.78. The van der Waals surface area contributed by atoms with Gasteiger partial charge >= 0.3 is 0 Å². The first-order valence-electron chi connectivity index (χ1n) is 6.42. The van der Waals surface area contributed by atoms with Crippen molar-refractivity contribution in [1.29, 1.82) is 0 Å². The van der Waals surface area contributed by atoms with Gasteiger partial charge in [0.05, 0.1) is 6.10 Å². The molecule has 0 spiro atoms. The van der Waals surface area contributed by atoms with E-state index < -0.39 is 6.10 Å². The van der Waals surface area contributed by atoms with E-state index >= 15 is 0 Å². The van der Waals surface area contributed by atoms with Crippen molar-refractivity contribution in [1.82, 2.24) is 15.3 Å². The molecule has 6 nitrogen and oxygen atoms in total. The molecule has 104 valence electrons. The number of amides is 1. The van der Waals surface area contributed by atoms with Crippen LogP contribution < -0.4 is 11.3 Å². The normalized spacial score (nSPS) is 22.7. The molecular formula is C13H20N4O2. The molecule has 6 heteroatoms. The van der Waals surface area contributed by atoms with E-state index in [0.717, 1.165) is 25.9 Å². The number of rotatable bonds is 5. The van der Waals surface area contributed by atoms with Crippen LogP contribution in [0.25, 0.3) is 0 Å². The summed E-state index contributed by atoms with van der Waals surface area (Å²) in [5.74, 6) is 4.87. The summed E-state index contributed by atoms with van der Waals surface area (Å²) in [6, 6.07) is 3.97. The van der Waals surface area contributed by atoms with Crippen LogP contribution in [0.1, 0.15) is 18.4 Å².